The molecule has 1 aromatic carbocycles. The highest BCUT2D eigenvalue weighted by Gasteiger charge is 2.38. The molecule has 1 saturated heterocycles. The smallest absolute Gasteiger partial charge is 0.311 e. The summed E-state index contributed by atoms with van der Waals surface area (Å²) in [6.45, 7) is 1.51. The summed E-state index contributed by atoms with van der Waals surface area (Å²) in [6, 6.07) is 9.42. The van der Waals surface area contributed by atoms with Crippen molar-refractivity contribution in [1.82, 2.24) is 15.5 Å². The monoisotopic (exact) mass is 361 g/mol. The lowest BCUT2D eigenvalue weighted by Gasteiger charge is -2.25. The highest BCUT2D eigenvalue weighted by Crippen LogP contribution is 2.28. The Morgan fingerprint density at radius 2 is 1.92 bits per heavy atom. The lowest BCUT2D eigenvalue weighted by Crippen LogP contribution is -2.38. The van der Waals surface area contributed by atoms with Gasteiger partial charge in [0.15, 0.2) is 6.61 Å². The first-order chi connectivity index (χ1) is 12.4. The second-order valence-corrected chi connectivity index (χ2v) is 6.09. The number of carbonyl (C=O) groups is 4. The third kappa shape index (κ3) is 5.05. The Morgan fingerprint density at radius 3 is 2.58 bits per heavy atom. The van der Waals surface area contributed by atoms with Crippen molar-refractivity contribution in [3.05, 3.63) is 35.9 Å². The van der Waals surface area contributed by atoms with Crippen LogP contribution in [0, 0.1) is 5.92 Å². The van der Waals surface area contributed by atoms with Crippen molar-refractivity contribution in [2.45, 2.75) is 19.4 Å². The van der Waals surface area contributed by atoms with E-state index in [0.29, 0.717) is 0 Å². The average molecular weight is 361 g/mol. The molecule has 0 unspecified atom stereocenters. The zero-order valence-electron chi connectivity index (χ0n) is 14.9. The van der Waals surface area contributed by atoms with Crippen molar-refractivity contribution in [3.63, 3.8) is 0 Å². The van der Waals surface area contributed by atoms with Crippen molar-refractivity contribution < 1.29 is 23.9 Å². The summed E-state index contributed by atoms with van der Waals surface area (Å²) in [4.78, 5) is 48.6. The van der Waals surface area contributed by atoms with Gasteiger partial charge in [-0.25, -0.2) is 0 Å². The first-order valence-corrected chi connectivity index (χ1v) is 8.40. The Labute approximate surface area is 151 Å². The number of esters is 1. The van der Waals surface area contributed by atoms with E-state index in [9.17, 15) is 19.2 Å². The zero-order chi connectivity index (χ0) is 19.1. The molecule has 3 amide bonds. The quantitative estimate of drug-likeness (QED) is 0.665. The van der Waals surface area contributed by atoms with Gasteiger partial charge >= 0.3 is 5.97 Å². The summed E-state index contributed by atoms with van der Waals surface area (Å²) in [5, 5.41) is 4.69. The van der Waals surface area contributed by atoms with Gasteiger partial charge in [0.2, 0.25) is 11.8 Å². The van der Waals surface area contributed by atoms with E-state index in [1.165, 1.54) is 7.05 Å². The second kappa shape index (κ2) is 8.98. The second-order valence-electron chi connectivity index (χ2n) is 6.09. The number of likely N-dealkylation sites (tertiary alicyclic amines) is 1. The minimum Gasteiger partial charge on any atom is -0.455 e. The van der Waals surface area contributed by atoms with Crippen LogP contribution in [-0.4, -0.2) is 55.3 Å². The van der Waals surface area contributed by atoms with Gasteiger partial charge in [0.1, 0.15) is 0 Å². The predicted octanol–water partition coefficient (Wildman–Crippen LogP) is 0.00150. The number of nitrogens with zero attached hydrogens (tertiary/aromatic N) is 1. The van der Waals surface area contributed by atoms with E-state index < -0.39 is 24.4 Å². The number of amides is 3. The molecular formula is C18H23N3O5. The molecule has 26 heavy (non-hydrogen) atoms. The average Bonchev–Trinajstić information content (AvgIpc) is 3.05. The van der Waals surface area contributed by atoms with Gasteiger partial charge < -0.3 is 20.3 Å². The first kappa shape index (κ1) is 19.4. The summed E-state index contributed by atoms with van der Waals surface area (Å²) < 4.78 is 4.97. The van der Waals surface area contributed by atoms with E-state index in [1.807, 2.05) is 37.3 Å². The maximum absolute atomic E-state index is 12.2. The van der Waals surface area contributed by atoms with Crippen LogP contribution in [0.25, 0.3) is 0 Å². The van der Waals surface area contributed by atoms with E-state index >= 15 is 0 Å². The molecule has 1 aromatic rings. The summed E-state index contributed by atoms with van der Waals surface area (Å²) >= 11 is 0. The molecule has 1 heterocycles. The van der Waals surface area contributed by atoms with Gasteiger partial charge in [-0.1, -0.05) is 30.3 Å². The summed E-state index contributed by atoms with van der Waals surface area (Å²) in [5.41, 5.74) is 0.989. The fraction of sp³-hybridized carbons (Fsp3) is 0.444. The van der Waals surface area contributed by atoms with Gasteiger partial charge in [-0.05, 0) is 12.5 Å². The molecular weight excluding hydrogens is 338 g/mol. The third-order valence-electron chi connectivity index (χ3n) is 4.31. The van der Waals surface area contributed by atoms with Crippen LogP contribution in [0.1, 0.15) is 24.9 Å². The molecule has 0 aromatic heterocycles. The van der Waals surface area contributed by atoms with E-state index in [-0.39, 0.29) is 37.4 Å². The lowest BCUT2D eigenvalue weighted by molar-refractivity contribution is -0.152. The SMILES string of the molecule is CNC(=O)CNC(=O)COC(=O)[C@@H]1CC(=O)N([C@@H](C)c2ccccc2)C1. The van der Waals surface area contributed by atoms with Gasteiger partial charge in [-0.15, -0.1) is 0 Å². The van der Waals surface area contributed by atoms with Gasteiger partial charge in [-0.3, -0.25) is 19.2 Å². The van der Waals surface area contributed by atoms with Gasteiger partial charge in [0.05, 0.1) is 18.5 Å². The third-order valence-corrected chi connectivity index (χ3v) is 4.31. The fourth-order valence-electron chi connectivity index (χ4n) is 2.75. The fourth-order valence-corrected chi connectivity index (χ4v) is 2.75. The van der Waals surface area contributed by atoms with Gasteiger partial charge in [-0.2, -0.15) is 0 Å². The maximum Gasteiger partial charge on any atom is 0.311 e. The van der Waals surface area contributed by atoms with Crippen molar-refractivity contribution in [3.8, 4) is 0 Å². The molecule has 0 aliphatic carbocycles. The Bertz CT molecular complexity index is 677. The van der Waals surface area contributed by atoms with Crippen LogP contribution in [0.15, 0.2) is 30.3 Å². The molecule has 1 fully saturated rings. The number of rotatable bonds is 7. The molecule has 8 nitrogen and oxygen atoms in total. The van der Waals surface area contributed by atoms with Crippen LogP contribution >= 0.6 is 0 Å². The molecule has 2 atom stereocenters. The molecule has 0 spiro atoms. The Hall–Kier alpha value is -2.90. The number of hydrogen-bond acceptors (Lipinski definition) is 5. The molecule has 1 aliphatic rings. The topological polar surface area (TPSA) is 105 Å². The molecule has 8 heteroatoms. The maximum atomic E-state index is 12.2. The first-order valence-electron chi connectivity index (χ1n) is 8.40. The standard InChI is InChI=1S/C18H23N3O5/c1-12(13-6-4-3-5-7-13)21-10-14(8-17(21)24)18(25)26-11-16(23)20-9-15(22)19-2/h3-7,12,14H,8-11H2,1-2H3,(H,19,22)(H,20,23)/t12-,14+/m0/s1. The van der Waals surface area contributed by atoms with Crippen LogP contribution in [0.2, 0.25) is 0 Å². The zero-order valence-corrected chi connectivity index (χ0v) is 14.9. The number of hydrogen-bond donors (Lipinski definition) is 2. The molecule has 0 bridgehead atoms. The molecule has 2 N–H and O–H groups in total. The van der Waals surface area contributed by atoms with Gasteiger partial charge in [0.25, 0.3) is 5.91 Å². The normalized spacial score (nSPS) is 17.5. The lowest BCUT2D eigenvalue weighted by atomic mass is 10.1. The van der Waals surface area contributed by atoms with Gasteiger partial charge in [0, 0.05) is 20.0 Å². The Balaban J connectivity index is 1.83. The number of benzene rings is 1. The van der Waals surface area contributed by atoms with Crippen LogP contribution < -0.4 is 10.6 Å². The van der Waals surface area contributed by atoms with Crippen LogP contribution in [-0.2, 0) is 23.9 Å². The van der Waals surface area contributed by atoms with Crippen molar-refractivity contribution in [1.29, 1.82) is 0 Å². The highest BCUT2D eigenvalue weighted by molar-refractivity contribution is 5.89. The van der Waals surface area contributed by atoms with E-state index in [2.05, 4.69) is 10.6 Å². The number of ether oxygens (including phenoxy) is 1. The van der Waals surface area contributed by atoms with Crippen molar-refractivity contribution >= 4 is 23.7 Å². The summed E-state index contributed by atoms with van der Waals surface area (Å²) in [5.74, 6) is -2.22. The largest absolute Gasteiger partial charge is 0.455 e. The predicted molar refractivity (Wildman–Crippen MR) is 92.7 cm³/mol. The molecule has 140 valence electrons. The molecule has 2 rings (SSSR count). The van der Waals surface area contributed by atoms with Crippen LogP contribution in [0.3, 0.4) is 0 Å². The molecule has 0 radical (unpaired) electrons. The van der Waals surface area contributed by atoms with Crippen LogP contribution in [0.5, 0.6) is 0 Å². The Kier molecular flexibility index (Phi) is 6.71. The number of nitrogens with one attached hydrogen (secondary N) is 2. The molecule has 0 saturated carbocycles. The van der Waals surface area contributed by atoms with Crippen LogP contribution in [0.4, 0.5) is 0 Å². The minimum atomic E-state index is -0.597. The Morgan fingerprint density at radius 1 is 1.23 bits per heavy atom. The minimum absolute atomic E-state index is 0.0653. The van der Waals surface area contributed by atoms with E-state index in [0.717, 1.165) is 5.56 Å². The van der Waals surface area contributed by atoms with Crippen molar-refractivity contribution in [2.75, 3.05) is 26.7 Å². The van der Waals surface area contributed by atoms with Crippen molar-refractivity contribution in [2.24, 2.45) is 5.92 Å². The summed E-state index contributed by atoms with van der Waals surface area (Å²) in [6.07, 6.45) is 0.0653. The number of likely N-dealkylation sites (N-methyl/N-ethyl adjacent to an activating group) is 1. The molecule has 1 aliphatic heterocycles. The summed E-state index contributed by atoms with van der Waals surface area (Å²) in [7, 11) is 1.45. The highest BCUT2D eigenvalue weighted by atomic mass is 16.5. The van der Waals surface area contributed by atoms with E-state index in [4.69, 9.17) is 4.74 Å². The van der Waals surface area contributed by atoms with E-state index in [1.54, 1.807) is 4.90 Å². The number of carbonyl (C=O) groups excluding carboxylic acids is 4.